The summed E-state index contributed by atoms with van der Waals surface area (Å²) in [5, 5.41) is 0. The molecule has 154 valence electrons. The van der Waals surface area contributed by atoms with Crippen LogP contribution in [-0.2, 0) is 31.3 Å². The highest BCUT2D eigenvalue weighted by Crippen LogP contribution is 2.31. The van der Waals surface area contributed by atoms with Crippen molar-refractivity contribution in [3.8, 4) is 0 Å². The summed E-state index contributed by atoms with van der Waals surface area (Å²) in [5.74, 6) is 0.706. The minimum atomic E-state index is -0.372. The normalized spacial score (nSPS) is 13.4. The van der Waals surface area contributed by atoms with Gasteiger partial charge in [0.2, 0.25) is 5.95 Å². The molecule has 3 aromatic rings. The molecule has 8 heteroatoms. The maximum Gasteiger partial charge on any atom is 0.332 e. The first-order valence-corrected chi connectivity index (χ1v) is 10.1. The highest BCUT2D eigenvalue weighted by atomic mass is 16.5. The van der Waals surface area contributed by atoms with E-state index < -0.39 is 0 Å². The quantitative estimate of drug-likeness (QED) is 0.610. The third kappa shape index (κ3) is 3.27. The molecule has 29 heavy (non-hydrogen) atoms. The second-order valence-electron chi connectivity index (χ2n) is 7.45. The molecule has 0 fully saturated rings. The van der Waals surface area contributed by atoms with E-state index in [1.54, 1.807) is 14.2 Å². The minimum absolute atomic E-state index is 0.224. The number of aryl methyl sites for hydroxylation is 2. The molecule has 0 bridgehead atoms. The van der Waals surface area contributed by atoms with Crippen molar-refractivity contribution in [3.05, 3.63) is 50.7 Å². The van der Waals surface area contributed by atoms with Crippen LogP contribution < -0.4 is 16.1 Å². The lowest BCUT2D eigenvalue weighted by molar-refractivity contribution is 0.184. The smallest absolute Gasteiger partial charge is 0.332 e. The minimum Gasteiger partial charge on any atom is -0.383 e. The molecule has 0 amide bonds. The molecule has 0 spiro atoms. The fraction of sp³-hybridized carbons (Fsp3) is 0.476. The number of nitrogens with zero attached hydrogens (tertiary/aromatic N) is 5. The SMILES string of the molecule is CCCCc1ccc(N2CCn3c2nc2c3c(=O)n(CCOC)c(=O)n2C)cc1. The Kier molecular flexibility index (Phi) is 5.27. The van der Waals surface area contributed by atoms with Crippen molar-refractivity contribution in [2.45, 2.75) is 39.3 Å². The van der Waals surface area contributed by atoms with Crippen LogP contribution >= 0.6 is 0 Å². The van der Waals surface area contributed by atoms with E-state index in [-0.39, 0.29) is 17.8 Å². The molecular weight excluding hydrogens is 370 g/mol. The van der Waals surface area contributed by atoms with E-state index in [0.29, 0.717) is 30.3 Å². The van der Waals surface area contributed by atoms with Crippen LogP contribution in [0.4, 0.5) is 11.6 Å². The maximum atomic E-state index is 13.0. The van der Waals surface area contributed by atoms with Gasteiger partial charge >= 0.3 is 5.69 Å². The molecule has 0 atom stereocenters. The molecule has 3 heterocycles. The van der Waals surface area contributed by atoms with Gasteiger partial charge in [-0.15, -0.1) is 0 Å². The zero-order chi connectivity index (χ0) is 20.5. The zero-order valence-electron chi connectivity index (χ0n) is 17.2. The van der Waals surface area contributed by atoms with Gasteiger partial charge in [-0.1, -0.05) is 25.5 Å². The lowest BCUT2D eigenvalue weighted by Crippen LogP contribution is -2.40. The average Bonchev–Trinajstić information content (AvgIpc) is 3.30. The number of methoxy groups -OCH3 is 1. The molecule has 0 saturated heterocycles. The molecule has 0 radical (unpaired) electrons. The molecular formula is C21H27N5O3. The number of unbranched alkanes of at least 4 members (excludes halogenated alkanes) is 1. The Morgan fingerprint density at radius 1 is 1.14 bits per heavy atom. The number of anilines is 2. The van der Waals surface area contributed by atoms with Crippen molar-refractivity contribution >= 4 is 22.8 Å². The van der Waals surface area contributed by atoms with Crippen LogP contribution in [0.5, 0.6) is 0 Å². The summed E-state index contributed by atoms with van der Waals surface area (Å²) in [5.41, 5.74) is 2.59. The fourth-order valence-electron chi connectivity index (χ4n) is 3.93. The van der Waals surface area contributed by atoms with Gasteiger partial charge in [0.1, 0.15) is 0 Å². The van der Waals surface area contributed by atoms with Crippen LogP contribution in [0.2, 0.25) is 0 Å². The Morgan fingerprint density at radius 3 is 2.59 bits per heavy atom. The van der Waals surface area contributed by atoms with E-state index in [2.05, 4.69) is 41.1 Å². The summed E-state index contributed by atoms with van der Waals surface area (Å²) < 4.78 is 9.65. The lowest BCUT2D eigenvalue weighted by Gasteiger charge is -2.16. The van der Waals surface area contributed by atoms with Gasteiger partial charge in [-0.05, 0) is 30.5 Å². The van der Waals surface area contributed by atoms with E-state index in [1.807, 2.05) is 4.57 Å². The third-order valence-corrected chi connectivity index (χ3v) is 5.59. The average molecular weight is 397 g/mol. The number of hydrogen-bond acceptors (Lipinski definition) is 5. The van der Waals surface area contributed by atoms with Gasteiger partial charge in [0.25, 0.3) is 5.56 Å². The third-order valence-electron chi connectivity index (χ3n) is 5.59. The second kappa shape index (κ2) is 7.87. The van der Waals surface area contributed by atoms with Gasteiger partial charge in [0.15, 0.2) is 11.2 Å². The van der Waals surface area contributed by atoms with Crippen molar-refractivity contribution < 1.29 is 4.74 Å². The van der Waals surface area contributed by atoms with Crippen molar-refractivity contribution in [1.82, 2.24) is 18.7 Å². The number of imidazole rings is 1. The topological polar surface area (TPSA) is 74.3 Å². The van der Waals surface area contributed by atoms with Crippen molar-refractivity contribution in [1.29, 1.82) is 0 Å². The fourth-order valence-corrected chi connectivity index (χ4v) is 3.93. The molecule has 0 saturated carbocycles. The van der Waals surface area contributed by atoms with Crippen LogP contribution in [0.15, 0.2) is 33.9 Å². The molecule has 2 aromatic heterocycles. The van der Waals surface area contributed by atoms with E-state index in [1.165, 1.54) is 27.5 Å². The van der Waals surface area contributed by atoms with Crippen molar-refractivity contribution in [3.63, 3.8) is 0 Å². The molecule has 4 rings (SSSR count). The number of ether oxygens (including phenoxy) is 1. The van der Waals surface area contributed by atoms with Gasteiger partial charge in [-0.3, -0.25) is 13.9 Å². The maximum absolute atomic E-state index is 13.0. The highest BCUT2D eigenvalue weighted by molar-refractivity contribution is 5.77. The Morgan fingerprint density at radius 2 is 1.90 bits per heavy atom. The Labute approximate surface area is 169 Å². The van der Waals surface area contributed by atoms with E-state index >= 15 is 0 Å². The second-order valence-corrected chi connectivity index (χ2v) is 7.45. The summed E-state index contributed by atoms with van der Waals surface area (Å²) in [4.78, 5) is 32.4. The number of benzene rings is 1. The van der Waals surface area contributed by atoms with Gasteiger partial charge < -0.3 is 14.2 Å². The predicted molar refractivity (Wildman–Crippen MR) is 113 cm³/mol. The first-order chi connectivity index (χ1) is 14.1. The Balaban J connectivity index is 1.76. The molecule has 0 unspecified atom stereocenters. The standard InChI is InChI=1S/C21H27N5O3/c1-4-5-6-15-7-9-16(10-8-15)24-11-12-25-17-18(22-20(24)25)23(2)21(28)26(19(17)27)13-14-29-3/h7-10H,4-6,11-14H2,1-3H3. The summed E-state index contributed by atoms with van der Waals surface area (Å²) in [6.45, 7) is 4.12. The Bertz CT molecular complexity index is 1140. The summed E-state index contributed by atoms with van der Waals surface area (Å²) in [6.07, 6.45) is 3.44. The number of rotatable bonds is 7. The highest BCUT2D eigenvalue weighted by Gasteiger charge is 2.28. The Hall–Kier alpha value is -2.87. The summed E-state index contributed by atoms with van der Waals surface area (Å²) in [6, 6.07) is 8.53. The van der Waals surface area contributed by atoms with Crippen molar-refractivity contribution in [2.75, 3.05) is 25.2 Å². The van der Waals surface area contributed by atoms with Crippen LogP contribution in [0, 0.1) is 0 Å². The van der Waals surface area contributed by atoms with Crippen LogP contribution in [0.3, 0.4) is 0 Å². The van der Waals surface area contributed by atoms with Gasteiger partial charge in [-0.25, -0.2) is 4.79 Å². The van der Waals surface area contributed by atoms with E-state index in [4.69, 9.17) is 4.74 Å². The first-order valence-electron chi connectivity index (χ1n) is 10.1. The van der Waals surface area contributed by atoms with E-state index in [9.17, 15) is 9.59 Å². The van der Waals surface area contributed by atoms with E-state index in [0.717, 1.165) is 18.7 Å². The van der Waals surface area contributed by atoms with Gasteiger partial charge in [0, 0.05) is 32.9 Å². The van der Waals surface area contributed by atoms with Crippen LogP contribution in [0.25, 0.3) is 11.2 Å². The van der Waals surface area contributed by atoms with Crippen LogP contribution in [-0.4, -0.2) is 38.9 Å². The van der Waals surface area contributed by atoms with Gasteiger partial charge in [-0.2, -0.15) is 4.98 Å². The summed E-state index contributed by atoms with van der Waals surface area (Å²) >= 11 is 0. The van der Waals surface area contributed by atoms with Crippen LogP contribution in [0.1, 0.15) is 25.3 Å². The number of aromatic nitrogens is 4. The number of fused-ring (bicyclic) bond motifs is 3. The predicted octanol–water partition coefficient (Wildman–Crippen LogP) is 2.04. The molecule has 1 aliphatic heterocycles. The van der Waals surface area contributed by atoms with Gasteiger partial charge in [0.05, 0.1) is 13.2 Å². The number of hydrogen-bond donors (Lipinski definition) is 0. The molecule has 8 nitrogen and oxygen atoms in total. The first kappa shape index (κ1) is 19.4. The molecule has 0 aliphatic carbocycles. The summed E-state index contributed by atoms with van der Waals surface area (Å²) in [7, 11) is 3.21. The molecule has 0 N–H and O–H groups in total. The zero-order valence-corrected chi connectivity index (χ0v) is 17.2. The largest absolute Gasteiger partial charge is 0.383 e. The lowest BCUT2D eigenvalue weighted by atomic mass is 10.1. The monoisotopic (exact) mass is 397 g/mol. The van der Waals surface area contributed by atoms with Crippen molar-refractivity contribution in [2.24, 2.45) is 7.05 Å². The molecule has 1 aromatic carbocycles. The molecule has 1 aliphatic rings.